The number of aromatic amines is 1. The third-order valence-electron chi connectivity index (χ3n) is 12.5. The number of nitrogens with zero attached hydrogens (tertiary/aromatic N) is 4. The van der Waals surface area contributed by atoms with Gasteiger partial charge in [0, 0.05) is 81.2 Å². The number of carbonyl (C=O) groups excluding carboxylic acids is 1. The van der Waals surface area contributed by atoms with E-state index in [9.17, 15) is 36.5 Å². The van der Waals surface area contributed by atoms with Gasteiger partial charge >= 0.3 is 6.18 Å². The highest BCUT2D eigenvalue weighted by atomic mass is 32.2. The summed E-state index contributed by atoms with van der Waals surface area (Å²) in [4.78, 5) is 37.0. The van der Waals surface area contributed by atoms with Gasteiger partial charge in [0.15, 0.2) is 15.6 Å². The van der Waals surface area contributed by atoms with E-state index in [1.807, 2.05) is 6.07 Å². The fourth-order valence-corrected chi connectivity index (χ4v) is 10.1. The molecule has 0 radical (unpaired) electrons. The fraction of sp³-hybridized carbons (Fsp3) is 0.404. The Morgan fingerprint density at radius 2 is 1.86 bits per heavy atom. The number of benzene rings is 3. The second-order valence-electron chi connectivity index (χ2n) is 17.8. The van der Waals surface area contributed by atoms with E-state index in [1.165, 1.54) is 36.0 Å². The molecule has 3 aliphatic rings. The maximum absolute atomic E-state index is 14.0. The number of sulfone groups is 1. The summed E-state index contributed by atoms with van der Waals surface area (Å²) in [5.74, 6) is -1.08. The number of pyridine rings is 1. The van der Waals surface area contributed by atoms with Crippen molar-refractivity contribution in [3.63, 3.8) is 0 Å². The van der Waals surface area contributed by atoms with Gasteiger partial charge in [-0.15, -0.1) is 0 Å². The number of aromatic nitrogens is 2. The number of ketones is 1. The number of ether oxygens (including phenoxy) is 2. The number of hydrogen-bond acceptors (Lipinski definition) is 11. The van der Waals surface area contributed by atoms with Crippen LogP contribution in [0.3, 0.4) is 0 Å². The number of alkyl halides is 3. The zero-order chi connectivity index (χ0) is 45.4. The topological polar surface area (TPSA) is 160 Å². The number of carbonyl (C=O) groups is 1. The monoisotopic (exact) mass is 900 g/mol. The summed E-state index contributed by atoms with van der Waals surface area (Å²) in [5, 5.41) is 15.9. The zero-order valence-corrected chi connectivity index (χ0v) is 36.8. The number of anilines is 2. The molecule has 2 aromatic heterocycles. The molecule has 3 aromatic carbocycles. The van der Waals surface area contributed by atoms with Gasteiger partial charge in [-0.3, -0.25) is 19.8 Å². The summed E-state index contributed by atoms with van der Waals surface area (Å²) in [7, 11) is -4.35. The van der Waals surface area contributed by atoms with Gasteiger partial charge in [-0.25, -0.2) is 13.4 Å². The van der Waals surface area contributed by atoms with E-state index in [1.54, 1.807) is 43.5 Å². The Kier molecular flexibility index (Phi) is 12.6. The van der Waals surface area contributed by atoms with Crippen LogP contribution >= 0.6 is 0 Å². The lowest BCUT2D eigenvalue weighted by atomic mass is 9.72. The van der Waals surface area contributed by atoms with E-state index in [-0.39, 0.29) is 33.2 Å². The first-order valence-electron chi connectivity index (χ1n) is 21.4. The van der Waals surface area contributed by atoms with Crippen LogP contribution in [0.2, 0.25) is 0 Å². The molecule has 17 heteroatoms. The van der Waals surface area contributed by atoms with Gasteiger partial charge in [0.1, 0.15) is 28.6 Å². The summed E-state index contributed by atoms with van der Waals surface area (Å²) < 4.78 is 79.8. The molecule has 1 aliphatic carbocycles. The highest BCUT2D eigenvalue weighted by molar-refractivity contribution is 7.92. The van der Waals surface area contributed by atoms with Gasteiger partial charge in [0.2, 0.25) is 0 Å². The number of rotatable bonds is 14. The number of nitro benzene ring substituents is 1. The van der Waals surface area contributed by atoms with Crippen LogP contribution in [0.1, 0.15) is 66.6 Å². The van der Waals surface area contributed by atoms with Gasteiger partial charge in [0.25, 0.3) is 5.69 Å². The molecule has 2 saturated heterocycles. The van der Waals surface area contributed by atoms with E-state index >= 15 is 0 Å². The van der Waals surface area contributed by atoms with Gasteiger partial charge in [0.05, 0.1) is 33.7 Å². The molecule has 0 saturated carbocycles. The summed E-state index contributed by atoms with van der Waals surface area (Å²) in [5.41, 5.74) is 4.39. The van der Waals surface area contributed by atoms with E-state index in [2.05, 4.69) is 38.9 Å². The lowest BCUT2D eigenvalue weighted by Gasteiger charge is -2.39. The summed E-state index contributed by atoms with van der Waals surface area (Å²) in [6.45, 7) is 11.1. The van der Waals surface area contributed by atoms with Gasteiger partial charge < -0.3 is 24.7 Å². The molecule has 338 valence electrons. The van der Waals surface area contributed by atoms with Crippen LogP contribution in [0.5, 0.6) is 11.5 Å². The Balaban J connectivity index is 1.01. The smallest absolute Gasteiger partial charge is 0.416 e. The van der Waals surface area contributed by atoms with Crippen molar-refractivity contribution in [2.45, 2.75) is 57.5 Å². The average molecular weight is 901 g/mol. The predicted octanol–water partition coefficient (Wildman–Crippen LogP) is 9.48. The summed E-state index contributed by atoms with van der Waals surface area (Å²) >= 11 is 0. The third-order valence-corrected chi connectivity index (χ3v) is 14.2. The maximum Gasteiger partial charge on any atom is 0.416 e. The summed E-state index contributed by atoms with van der Waals surface area (Å²) in [6.07, 6.45) is 2.26. The number of hydrogen-bond donors (Lipinski definition) is 2. The SMILES string of the molecule is Cc1cc(C(F)(F)F)ccc1C1=C(CN2CCN(c3ccc(C(=O)CS(=O)(=O)c4ccc(NC[C@H]5CCOC5)c([N+](=O)[O-])c4)c(Oc4cnc5[nH]ccc5c4)c3)CC2)CCC(C)(C)C1. The molecule has 8 rings (SSSR count). The number of Topliss-reactive ketones (excluding diaryl/α,β-unsaturated/α-hetero) is 1. The van der Waals surface area contributed by atoms with Crippen molar-refractivity contribution in [2.24, 2.45) is 11.3 Å². The van der Waals surface area contributed by atoms with Crippen molar-refractivity contribution >= 4 is 49.3 Å². The quantitative estimate of drug-likeness (QED) is 0.0621. The molecule has 13 nitrogen and oxygen atoms in total. The number of nitro groups is 1. The first-order valence-corrected chi connectivity index (χ1v) is 23.1. The standard InChI is InChI=1S/C47H51F3N6O7S/c1-30-20-34(47(48,49)50)4-7-38(30)40-24-46(2,3)13-10-33(40)27-54-15-17-55(18-16-54)35-5-8-39(44(22-35)63-36-21-32-11-14-51-45(32)53-26-36)43(57)29-64(60,61)37-6-9-41(42(23-37)56(58)59)52-25-31-12-19-62-28-31/h4-9,11,14,20-23,26,31,52H,10,12-13,15-19,24-25,27-29H2,1-3H3,(H,51,53)/t31-/m1/s1. The average Bonchev–Trinajstić information content (AvgIpc) is 3.96. The van der Waals surface area contributed by atoms with Crippen LogP contribution in [0.25, 0.3) is 16.6 Å². The molecule has 0 bridgehead atoms. The molecule has 1 atom stereocenters. The third kappa shape index (κ3) is 10.1. The van der Waals surface area contributed by atoms with Crippen molar-refractivity contribution < 1.29 is 40.8 Å². The molecule has 5 aromatic rings. The van der Waals surface area contributed by atoms with Crippen LogP contribution < -0.4 is 15.0 Å². The molecule has 0 spiro atoms. The zero-order valence-electron chi connectivity index (χ0n) is 36.0. The maximum atomic E-state index is 14.0. The van der Waals surface area contributed by atoms with Gasteiger partial charge in [-0.05, 0) is 103 Å². The number of H-pyrrole nitrogens is 1. The number of aryl methyl sites for hydroxylation is 1. The normalized spacial score (nSPS) is 18.4. The van der Waals surface area contributed by atoms with Crippen molar-refractivity contribution in [2.75, 3.05) is 68.5 Å². The lowest BCUT2D eigenvalue weighted by molar-refractivity contribution is -0.384. The van der Waals surface area contributed by atoms with Crippen molar-refractivity contribution in [3.8, 4) is 11.5 Å². The Morgan fingerprint density at radius 1 is 1.06 bits per heavy atom. The molecule has 2 N–H and O–H groups in total. The Hall–Kier alpha value is -5.78. The molecule has 0 amide bonds. The van der Waals surface area contributed by atoms with E-state index < -0.39 is 43.7 Å². The highest BCUT2D eigenvalue weighted by Crippen LogP contribution is 2.45. The van der Waals surface area contributed by atoms with Crippen LogP contribution in [-0.4, -0.2) is 92.2 Å². The molecule has 64 heavy (non-hydrogen) atoms. The number of fused-ring (bicyclic) bond motifs is 1. The van der Waals surface area contributed by atoms with E-state index in [4.69, 9.17) is 9.47 Å². The van der Waals surface area contributed by atoms with Crippen LogP contribution in [0.4, 0.5) is 30.2 Å². The Bertz CT molecular complexity index is 2720. The second-order valence-corrected chi connectivity index (χ2v) is 19.8. The molecule has 0 unspecified atom stereocenters. The van der Waals surface area contributed by atoms with E-state index in [0.717, 1.165) is 54.0 Å². The molecular weight excluding hydrogens is 850 g/mol. The number of nitrogens with one attached hydrogen (secondary N) is 2. The largest absolute Gasteiger partial charge is 0.455 e. The molecule has 2 fully saturated rings. The predicted molar refractivity (Wildman–Crippen MR) is 239 cm³/mol. The van der Waals surface area contributed by atoms with Crippen LogP contribution in [0.15, 0.2) is 89.6 Å². The Labute approximate surface area is 369 Å². The minimum Gasteiger partial charge on any atom is -0.455 e. The fourth-order valence-electron chi connectivity index (χ4n) is 8.87. The second kappa shape index (κ2) is 18.0. The minimum atomic E-state index is -4.41. The first kappa shape index (κ1) is 44.8. The number of piperazine rings is 1. The lowest BCUT2D eigenvalue weighted by Crippen LogP contribution is -2.47. The van der Waals surface area contributed by atoms with Crippen molar-refractivity contribution in [1.29, 1.82) is 0 Å². The molecule has 2 aliphatic heterocycles. The minimum absolute atomic E-state index is 0.0162. The van der Waals surface area contributed by atoms with Gasteiger partial charge in [-0.1, -0.05) is 25.5 Å². The molecule has 4 heterocycles. The first-order chi connectivity index (χ1) is 30.4. The van der Waals surface area contributed by atoms with Crippen LogP contribution in [-0.2, 0) is 20.8 Å². The van der Waals surface area contributed by atoms with Crippen molar-refractivity contribution in [3.05, 3.63) is 117 Å². The molecular formula is C47H51F3N6O7S. The van der Waals surface area contributed by atoms with E-state index in [0.29, 0.717) is 69.4 Å². The Morgan fingerprint density at radius 3 is 2.58 bits per heavy atom. The number of halogens is 3. The highest BCUT2D eigenvalue weighted by Gasteiger charge is 2.34. The summed E-state index contributed by atoms with van der Waals surface area (Å²) in [6, 6.07) is 16.2. The number of allylic oxidation sites excluding steroid dienone is 1. The van der Waals surface area contributed by atoms with Crippen LogP contribution in [0, 0.1) is 28.4 Å². The van der Waals surface area contributed by atoms with Crippen molar-refractivity contribution in [1.82, 2.24) is 14.9 Å². The van der Waals surface area contributed by atoms with Gasteiger partial charge in [-0.2, -0.15) is 13.2 Å².